The summed E-state index contributed by atoms with van der Waals surface area (Å²) in [5, 5.41) is 1.58. The molecule has 1 aliphatic rings. The molecule has 0 spiro atoms. The second kappa shape index (κ2) is 5.39. The van der Waals surface area contributed by atoms with Gasteiger partial charge in [0.1, 0.15) is 0 Å². The third-order valence-corrected chi connectivity index (χ3v) is 6.89. The highest BCUT2D eigenvalue weighted by atomic mass is 32.2. The molecule has 1 aliphatic heterocycles. The normalized spacial score (nSPS) is 24.4. The Morgan fingerprint density at radius 3 is 2.50 bits per heavy atom. The van der Waals surface area contributed by atoms with Gasteiger partial charge in [-0.1, -0.05) is 30.3 Å². The van der Waals surface area contributed by atoms with Gasteiger partial charge < -0.3 is 4.90 Å². The molecule has 0 saturated carbocycles. The van der Waals surface area contributed by atoms with E-state index in [9.17, 15) is 13.2 Å². The van der Waals surface area contributed by atoms with E-state index in [0.29, 0.717) is 5.56 Å². The van der Waals surface area contributed by atoms with Crippen LogP contribution in [0.25, 0.3) is 10.8 Å². The van der Waals surface area contributed by atoms with Gasteiger partial charge in [0.2, 0.25) is 0 Å². The predicted molar refractivity (Wildman–Crippen MR) is 87.7 cm³/mol. The molecule has 0 N–H and O–H groups in total. The number of benzene rings is 2. The summed E-state index contributed by atoms with van der Waals surface area (Å²) < 4.78 is 23.9. The molecule has 4 nitrogen and oxygen atoms in total. The molecule has 1 fully saturated rings. The number of carbonyl (C=O) groups excluding carboxylic acids is 1. The van der Waals surface area contributed by atoms with E-state index >= 15 is 0 Å². The summed E-state index contributed by atoms with van der Waals surface area (Å²) in [6.45, 7) is 3.75. The molecule has 116 valence electrons. The van der Waals surface area contributed by atoms with E-state index < -0.39 is 15.1 Å². The van der Waals surface area contributed by atoms with Crippen LogP contribution in [0, 0.1) is 0 Å². The molecule has 0 bridgehead atoms. The minimum atomic E-state index is -3.09. The van der Waals surface area contributed by atoms with Crippen LogP contribution in [0.2, 0.25) is 0 Å². The third-order valence-electron chi connectivity index (χ3n) is 4.61. The molecule has 3 rings (SSSR count). The minimum absolute atomic E-state index is 0.0395. The van der Waals surface area contributed by atoms with E-state index in [1.807, 2.05) is 42.5 Å². The summed E-state index contributed by atoms with van der Waals surface area (Å²) in [5.74, 6) is -0.0577. The molecular formula is C17H19NO3S. The van der Waals surface area contributed by atoms with E-state index in [-0.39, 0.29) is 24.2 Å². The van der Waals surface area contributed by atoms with Gasteiger partial charge in [-0.05, 0) is 36.8 Å². The number of sulfone groups is 1. The highest BCUT2D eigenvalue weighted by molar-refractivity contribution is 7.92. The number of rotatable bonds is 1. The van der Waals surface area contributed by atoms with Crippen LogP contribution in [0.1, 0.15) is 24.2 Å². The monoisotopic (exact) mass is 317 g/mol. The molecule has 2 aromatic carbocycles. The van der Waals surface area contributed by atoms with Crippen molar-refractivity contribution in [2.24, 2.45) is 0 Å². The van der Waals surface area contributed by atoms with Crippen LogP contribution >= 0.6 is 0 Å². The first-order valence-corrected chi connectivity index (χ1v) is 9.13. The SMILES string of the molecule is C[C@@H]1[C@@H](C)S(=O)(=O)CCN1C(=O)c1ccc2ccccc2c1. The van der Waals surface area contributed by atoms with Gasteiger partial charge in [-0.25, -0.2) is 8.42 Å². The third kappa shape index (κ3) is 2.50. The van der Waals surface area contributed by atoms with Crippen molar-refractivity contribution in [2.75, 3.05) is 12.3 Å². The molecule has 0 unspecified atom stereocenters. The highest BCUT2D eigenvalue weighted by Crippen LogP contribution is 2.23. The van der Waals surface area contributed by atoms with E-state index in [4.69, 9.17) is 0 Å². The van der Waals surface area contributed by atoms with Crippen molar-refractivity contribution >= 4 is 26.5 Å². The Labute approximate surface area is 130 Å². The topological polar surface area (TPSA) is 54.5 Å². The van der Waals surface area contributed by atoms with Crippen LogP contribution in [0.15, 0.2) is 42.5 Å². The van der Waals surface area contributed by atoms with Gasteiger partial charge in [0, 0.05) is 18.2 Å². The summed E-state index contributed by atoms with van der Waals surface area (Å²) >= 11 is 0. The summed E-state index contributed by atoms with van der Waals surface area (Å²) in [4.78, 5) is 14.4. The first-order valence-electron chi connectivity index (χ1n) is 7.41. The maximum Gasteiger partial charge on any atom is 0.254 e. The Bertz CT molecular complexity index is 829. The Kier molecular flexibility index (Phi) is 3.68. The molecule has 5 heteroatoms. The summed E-state index contributed by atoms with van der Waals surface area (Å²) in [6.07, 6.45) is 0. The van der Waals surface area contributed by atoms with Crippen molar-refractivity contribution < 1.29 is 13.2 Å². The molecule has 22 heavy (non-hydrogen) atoms. The zero-order valence-corrected chi connectivity index (χ0v) is 13.5. The molecule has 0 aromatic heterocycles. The average Bonchev–Trinajstić information content (AvgIpc) is 2.52. The van der Waals surface area contributed by atoms with Gasteiger partial charge in [-0.15, -0.1) is 0 Å². The molecule has 0 aliphatic carbocycles. The van der Waals surface area contributed by atoms with E-state index in [1.165, 1.54) is 0 Å². The summed E-state index contributed by atoms with van der Waals surface area (Å²) in [5.41, 5.74) is 0.608. The number of hydrogen-bond acceptors (Lipinski definition) is 3. The van der Waals surface area contributed by atoms with E-state index in [0.717, 1.165) is 10.8 Å². The van der Waals surface area contributed by atoms with Gasteiger partial charge in [-0.2, -0.15) is 0 Å². The predicted octanol–water partition coefficient (Wildman–Crippen LogP) is 2.49. The van der Waals surface area contributed by atoms with E-state index in [2.05, 4.69) is 0 Å². The fourth-order valence-electron chi connectivity index (χ4n) is 2.94. The van der Waals surface area contributed by atoms with Crippen LogP contribution in [0.5, 0.6) is 0 Å². The van der Waals surface area contributed by atoms with Crippen LogP contribution in [-0.4, -0.2) is 42.8 Å². The van der Waals surface area contributed by atoms with Gasteiger partial charge in [0.05, 0.1) is 11.0 Å². The second-order valence-electron chi connectivity index (χ2n) is 5.87. The van der Waals surface area contributed by atoms with E-state index in [1.54, 1.807) is 18.7 Å². The molecule has 2 aromatic rings. The summed E-state index contributed by atoms with van der Waals surface area (Å²) in [6, 6.07) is 13.2. The number of carbonyl (C=O) groups is 1. The number of fused-ring (bicyclic) bond motifs is 1. The number of hydrogen-bond donors (Lipinski definition) is 0. The van der Waals surface area contributed by atoms with Crippen molar-refractivity contribution in [3.05, 3.63) is 48.0 Å². The molecular weight excluding hydrogens is 298 g/mol. The van der Waals surface area contributed by atoms with Gasteiger partial charge in [-0.3, -0.25) is 4.79 Å². The van der Waals surface area contributed by atoms with Crippen molar-refractivity contribution in [1.29, 1.82) is 0 Å². The zero-order valence-electron chi connectivity index (χ0n) is 12.7. The lowest BCUT2D eigenvalue weighted by Gasteiger charge is -2.37. The Balaban J connectivity index is 1.92. The Morgan fingerprint density at radius 1 is 1.09 bits per heavy atom. The van der Waals surface area contributed by atoms with Gasteiger partial charge in [0.15, 0.2) is 9.84 Å². The van der Waals surface area contributed by atoms with Crippen molar-refractivity contribution in [3.8, 4) is 0 Å². The quantitative estimate of drug-likeness (QED) is 0.812. The fraction of sp³-hybridized carbons (Fsp3) is 0.353. The highest BCUT2D eigenvalue weighted by Gasteiger charge is 2.38. The largest absolute Gasteiger partial charge is 0.334 e. The first kappa shape index (κ1) is 15.0. The maximum absolute atomic E-state index is 12.7. The molecule has 1 saturated heterocycles. The average molecular weight is 317 g/mol. The summed E-state index contributed by atoms with van der Waals surface area (Å²) in [7, 11) is -3.09. The van der Waals surface area contributed by atoms with Crippen LogP contribution in [-0.2, 0) is 9.84 Å². The van der Waals surface area contributed by atoms with Crippen LogP contribution in [0.4, 0.5) is 0 Å². The van der Waals surface area contributed by atoms with Crippen molar-refractivity contribution in [3.63, 3.8) is 0 Å². The Morgan fingerprint density at radius 2 is 1.77 bits per heavy atom. The zero-order chi connectivity index (χ0) is 15.9. The van der Waals surface area contributed by atoms with Crippen molar-refractivity contribution in [1.82, 2.24) is 4.90 Å². The lowest BCUT2D eigenvalue weighted by atomic mass is 10.1. The van der Waals surface area contributed by atoms with Crippen LogP contribution < -0.4 is 0 Å². The standard InChI is InChI=1S/C17H19NO3S/c1-12-13(2)22(20,21)10-9-18(12)17(19)16-8-7-14-5-3-4-6-15(14)11-16/h3-8,11-13H,9-10H2,1-2H3/t12-,13-/m1/s1. The lowest BCUT2D eigenvalue weighted by Crippen LogP contribution is -2.54. The van der Waals surface area contributed by atoms with Gasteiger partial charge in [0.25, 0.3) is 5.91 Å². The van der Waals surface area contributed by atoms with Crippen molar-refractivity contribution in [2.45, 2.75) is 25.1 Å². The fourth-order valence-corrected chi connectivity index (χ4v) is 4.51. The van der Waals surface area contributed by atoms with Crippen LogP contribution in [0.3, 0.4) is 0 Å². The van der Waals surface area contributed by atoms with Gasteiger partial charge >= 0.3 is 0 Å². The molecule has 0 radical (unpaired) electrons. The molecule has 1 heterocycles. The second-order valence-corrected chi connectivity index (χ2v) is 8.35. The molecule has 1 amide bonds. The molecule has 2 atom stereocenters. The first-order chi connectivity index (χ1) is 10.4. The lowest BCUT2D eigenvalue weighted by molar-refractivity contribution is 0.0693. The minimum Gasteiger partial charge on any atom is -0.334 e. The maximum atomic E-state index is 12.7. The smallest absolute Gasteiger partial charge is 0.254 e. The Hall–Kier alpha value is -1.88. The number of amides is 1. The number of nitrogens with zero attached hydrogens (tertiary/aromatic N) is 1.